The minimum Gasteiger partial charge on any atom is -0.336 e. The van der Waals surface area contributed by atoms with Crippen LogP contribution in [0.1, 0.15) is 77.4 Å². The summed E-state index contributed by atoms with van der Waals surface area (Å²) >= 11 is 0. The molecule has 208 valence electrons. The van der Waals surface area contributed by atoms with E-state index in [1.54, 1.807) is 26.0 Å². The SMILES string of the molecule is CCC.CC[C@@H](c1ccc(F)cc1)[C@H](C)C(=O)Nc1cc(C)c(C(C)C(=O)N(C)CC(F)(F)F)cc1F.[HH]. The maximum absolute atomic E-state index is 14.8. The van der Waals surface area contributed by atoms with Gasteiger partial charge >= 0.3 is 6.18 Å². The van der Waals surface area contributed by atoms with E-state index >= 15 is 0 Å². The summed E-state index contributed by atoms with van der Waals surface area (Å²) < 4.78 is 65.9. The summed E-state index contributed by atoms with van der Waals surface area (Å²) in [6, 6.07) is 8.29. The molecule has 3 atom stereocenters. The van der Waals surface area contributed by atoms with Crippen molar-refractivity contribution in [1.29, 1.82) is 0 Å². The highest BCUT2D eigenvalue weighted by atomic mass is 19.4. The van der Waals surface area contributed by atoms with Gasteiger partial charge in [-0.05, 0) is 67.1 Å². The zero-order valence-corrected chi connectivity index (χ0v) is 22.5. The number of nitrogens with zero attached hydrogens (tertiary/aromatic N) is 1. The number of nitrogens with one attached hydrogen (secondary N) is 1. The van der Waals surface area contributed by atoms with E-state index in [1.807, 2.05) is 6.92 Å². The fourth-order valence-electron chi connectivity index (χ4n) is 4.09. The Balaban J connectivity index is 0.00000326. The average molecular weight is 531 g/mol. The first kappa shape index (κ1) is 32.1. The lowest BCUT2D eigenvalue weighted by atomic mass is 9.84. The van der Waals surface area contributed by atoms with Gasteiger partial charge in [-0.2, -0.15) is 13.2 Å². The molecule has 0 aromatic heterocycles. The van der Waals surface area contributed by atoms with Crippen LogP contribution in [0.15, 0.2) is 36.4 Å². The van der Waals surface area contributed by atoms with Crippen molar-refractivity contribution in [2.75, 3.05) is 18.9 Å². The molecule has 2 aromatic rings. The molecule has 0 bridgehead atoms. The highest BCUT2D eigenvalue weighted by molar-refractivity contribution is 5.93. The van der Waals surface area contributed by atoms with E-state index in [9.17, 15) is 31.5 Å². The largest absolute Gasteiger partial charge is 0.406 e. The highest BCUT2D eigenvalue weighted by Crippen LogP contribution is 2.31. The molecule has 1 N–H and O–H groups in total. The molecule has 0 aliphatic heterocycles. The molecule has 0 radical (unpaired) electrons. The number of carbonyl (C=O) groups excluding carboxylic acids is 2. The minimum absolute atomic E-state index is 0. The third kappa shape index (κ3) is 9.44. The molecule has 1 unspecified atom stereocenters. The number of aryl methyl sites for hydroxylation is 1. The van der Waals surface area contributed by atoms with Crippen molar-refractivity contribution >= 4 is 17.5 Å². The summed E-state index contributed by atoms with van der Waals surface area (Å²) in [4.78, 5) is 25.8. The van der Waals surface area contributed by atoms with Crippen molar-refractivity contribution in [3.63, 3.8) is 0 Å². The van der Waals surface area contributed by atoms with Crippen LogP contribution in [0, 0.1) is 24.5 Å². The predicted octanol–water partition coefficient (Wildman–Crippen LogP) is 7.83. The van der Waals surface area contributed by atoms with Crippen molar-refractivity contribution in [2.45, 2.75) is 72.4 Å². The van der Waals surface area contributed by atoms with Crippen LogP contribution in [0.25, 0.3) is 0 Å². The van der Waals surface area contributed by atoms with Crippen molar-refractivity contribution in [1.82, 2.24) is 4.90 Å². The third-order valence-corrected chi connectivity index (χ3v) is 6.00. The molecule has 37 heavy (non-hydrogen) atoms. The van der Waals surface area contributed by atoms with Gasteiger partial charge in [-0.25, -0.2) is 8.78 Å². The number of amides is 2. The zero-order chi connectivity index (χ0) is 28.5. The Kier molecular flexibility index (Phi) is 12.2. The second-order valence-corrected chi connectivity index (χ2v) is 9.27. The fourth-order valence-corrected chi connectivity index (χ4v) is 4.09. The van der Waals surface area contributed by atoms with Crippen LogP contribution in [-0.4, -0.2) is 36.5 Å². The number of rotatable bonds is 8. The Bertz CT molecular complexity index is 1040. The molecule has 9 heteroatoms. The first-order chi connectivity index (χ1) is 17.2. The number of carbonyl (C=O) groups is 2. The van der Waals surface area contributed by atoms with Gasteiger partial charge < -0.3 is 10.2 Å². The maximum atomic E-state index is 14.8. The van der Waals surface area contributed by atoms with Crippen molar-refractivity contribution in [2.24, 2.45) is 5.92 Å². The lowest BCUT2D eigenvalue weighted by Crippen LogP contribution is -2.38. The van der Waals surface area contributed by atoms with E-state index in [0.717, 1.165) is 18.7 Å². The van der Waals surface area contributed by atoms with E-state index in [1.165, 1.54) is 31.5 Å². The molecular formula is C28H39F5N2O2. The topological polar surface area (TPSA) is 49.4 Å². The molecule has 2 amide bonds. The van der Waals surface area contributed by atoms with Gasteiger partial charge in [0.15, 0.2) is 0 Å². The molecule has 0 spiro atoms. The normalized spacial score (nSPS) is 13.6. The second kappa shape index (κ2) is 14.1. The zero-order valence-electron chi connectivity index (χ0n) is 22.5. The van der Waals surface area contributed by atoms with Crippen LogP contribution >= 0.6 is 0 Å². The van der Waals surface area contributed by atoms with Gasteiger partial charge in [-0.15, -0.1) is 0 Å². The fraction of sp³-hybridized carbons (Fsp3) is 0.500. The molecule has 0 fully saturated rings. The van der Waals surface area contributed by atoms with E-state index in [4.69, 9.17) is 0 Å². The Morgan fingerprint density at radius 2 is 1.57 bits per heavy atom. The van der Waals surface area contributed by atoms with E-state index < -0.39 is 42.2 Å². The second-order valence-electron chi connectivity index (χ2n) is 9.27. The Morgan fingerprint density at radius 1 is 1.03 bits per heavy atom. The van der Waals surface area contributed by atoms with Crippen LogP contribution in [0.2, 0.25) is 0 Å². The summed E-state index contributed by atoms with van der Waals surface area (Å²) in [5.74, 6) is -4.18. The number of anilines is 1. The molecule has 0 aliphatic rings. The van der Waals surface area contributed by atoms with Crippen LogP contribution in [-0.2, 0) is 9.59 Å². The number of benzene rings is 2. The minimum atomic E-state index is -4.54. The van der Waals surface area contributed by atoms with Crippen molar-refractivity contribution in [3.8, 4) is 0 Å². The Labute approximate surface area is 217 Å². The monoisotopic (exact) mass is 530 g/mol. The van der Waals surface area contributed by atoms with Crippen LogP contribution < -0.4 is 5.32 Å². The average Bonchev–Trinajstić information content (AvgIpc) is 2.81. The summed E-state index contributed by atoms with van der Waals surface area (Å²) in [6.07, 6.45) is -2.69. The Hall–Kier alpha value is -2.97. The van der Waals surface area contributed by atoms with Gasteiger partial charge in [0.1, 0.15) is 18.2 Å². The number of alkyl halides is 3. The molecular weight excluding hydrogens is 491 g/mol. The first-order valence-corrected chi connectivity index (χ1v) is 12.3. The lowest BCUT2D eigenvalue weighted by Gasteiger charge is -2.25. The highest BCUT2D eigenvalue weighted by Gasteiger charge is 2.33. The third-order valence-electron chi connectivity index (χ3n) is 6.00. The smallest absolute Gasteiger partial charge is 0.336 e. The van der Waals surface area contributed by atoms with E-state index in [-0.39, 0.29) is 24.4 Å². The summed E-state index contributed by atoms with van der Waals surface area (Å²) in [7, 11) is 1.04. The summed E-state index contributed by atoms with van der Waals surface area (Å²) in [5.41, 5.74) is 1.39. The maximum Gasteiger partial charge on any atom is 0.406 e. The first-order valence-electron chi connectivity index (χ1n) is 12.3. The molecule has 2 aromatic carbocycles. The van der Waals surface area contributed by atoms with Crippen LogP contribution in [0.3, 0.4) is 0 Å². The van der Waals surface area contributed by atoms with Gasteiger partial charge in [0.05, 0.1) is 11.6 Å². The van der Waals surface area contributed by atoms with Crippen molar-refractivity contribution in [3.05, 3.63) is 64.7 Å². The van der Waals surface area contributed by atoms with Crippen LogP contribution in [0.4, 0.5) is 27.6 Å². The van der Waals surface area contributed by atoms with Gasteiger partial charge in [-0.1, -0.05) is 46.2 Å². The molecule has 0 saturated carbocycles. The summed E-state index contributed by atoms with van der Waals surface area (Å²) in [5, 5.41) is 2.56. The number of hydrogen-bond donors (Lipinski definition) is 1. The summed E-state index contributed by atoms with van der Waals surface area (Å²) in [6.45, 7) is 9.44. The number of hydrogen-bond acceptors (Lipinski definition) is 2. The molecule has 0 saturated heterocycles. The Morgan fingerprint density at radius 3 is 2.05 bits per heavy atom. The molecule has 4 nitrogen and oxygen atoms in total. The van der Waals surface area contributed by atoms with Crippen molar-refractivity contribution < 1.29 is 33.0 Å². The van der Waals surface area contributed by atoms with Crippen LogP contribution in [0.5, 0.6) is 0 Å². The quantitative estimate of drug-likeness (QED) is 0.354. The standard InChI is InChI=1S/C25H29F5N2O2.C3H8.H2/c1-6-19(17-7-9-18(26)10-8-17)15(3)23(33)31-22-11-14(2)20(12-21(22)27)16(4)24(34)32(5)13-25(28,29)30;1-3-2;/h7-12,15-16,19H,6,13H2,1-5H3,(H,31,33);3H2,1-2H3;1H/t15-,16?,19+;;/m0../s1. The lowest BCUT2D eigenvalue weighted by molar-refractivity contribution is -0.159. The van der Waals surface area contributed by atoms with Gasteiger partial charge in [-0.3, -0.25) is 9.59 Å². The predicted molar refractivity (Wildman–Crippen MR) is 139 cm³/mol. The van der Waals surface area contributed by atoms with Gasteiger partial charge in [0.25, 0.3) is 0 Å². The van der Waals surface area contributed by atoms with Gasteiger partial charge in [0, 0.05) is 14.4 Å². The number of likely N-dealkylation sites (N-methyl/N-ethyl adjacent to an activating group) is 1. The van der Waals surface area contributed by atoms with Gasteiger partial charge in [0.2, 0.25) is 11.8 Å². The molecule has 0 heterocycles. The van der Waals surface area contributed by atoms with E-state index in [2.05, 4.69) is 19.2 Å². The molecule has 0 aliphatic carbocycles. The molecule has 2 rings (SSSR count). The van der Waals surface area contributed by atoms with E-state index in [0.29, 0.717) is 16.9 Å². The number of halogens is 5.